The van der Waals surface area contributed by atoms with Gasteiger partial charge in [-0.2, -0.15) is 0 Å². The zero-order chi connectivity index (χ0) is 19.1. The summed E-state index contributed by atoms with van der Waals surface area (Å²) in [6.07, 6.45) is 3.93. The van der Waals surface area contributed by atoms with E-state index in [1.54, 1.807) is 16.7 Å². The summed E-state index contributed by atoms with van der Waals surface area (Å²) in [5.74, 6) is 0. The molecule has 3 aromatic heterocycles. The maximum absolute atomic E-state index is 12.6. The minimum Gasteiger partial charge on any atom is -0.348 e. The van der Waals surface area contributed by atoms with Gasteiger partial charge in [-0.1, -0.05) is 36.4 Å². The molecule has 140 valence electrons. The average molecular weight is 370 g/mol. The summed E-state index contributed by atoms with van der Waals surface area (Å²) < 4.78 is 3.94. The highest BCUT2D eigenvalue weighted by Gasteiger charge is 2.29. The predicted molar refractivity (Wildman–Crippen MR) is 109 cm³/mol. The van der Waals surface area contributed by atoms with Gasteiger partial charge < -0.3 is 4.57 Å². The Morgan fingerprint density at radius 3 is 2.68 bits per heavy atom. The first-order chi connectivity index (χ1) is 13.7. The fourth-order valence-corrected chi connectivity index (χ4v) is 4.22. The summed E-state index contributed by atoms with van der Waals surface area (Å²) in [5, 5.41) is 0. The quantitative estimate of drug-likeness (QED) is 0.555. The van der Waals surface area contributed by atoms with E-state index in [1.807, 2.05) is 25.1 Å². The molecule has 1 aliphatic rings. The molecule has 0 amide bonds. The molecule has 1 aromatic carbocycles. The second-order valence-corrected chi connectivity index (χ2v) is 7.38. The second-order valence-electron chi connectivity index (χ2n) is 7.38. The van der Waals surface area contributed by atoms with Crippen LogP contribution in [0.5, 0.6) is 0 Å². The monoisotopic (exact) mass is 370 g/mol. The van der Waals surface area contributed by atoms with Crippen molar-refractivity contribution in [2.24, 2.45) is 0 Å². The zero-order valence-electron chi connectivity index (χ0n) is 15.8. The molecule has 0 saturated carbocycles. The Kier molecular flexibility index (Phi) is 4.10. The predicted octanol–water partition coefficient (Wildman–Crippen LogP) is 3.41. The molecule has 0 radical (unpaired) electrons. The first-order valence-corrected chi connectivity index (χ1v) is 9.63. The molecule has 4 heterocycles. The van der Waals surface area contributed by atoms with E-state index in [1.165, 1.54) is 11.3 Å². The van der Waals surface area contributed by atoms with E-state index < -0.39 is 0 Å². The summed E-state index contributed by atoms with van der Waals surface area (Å²) in [6, 6.07) is 20.6. The SMILES string of the molecule is Cc1cccn2c(=O)cc(CN3CCn4cccc4C3c3ccccc3)nc12. The molecule has 0 bridgehead atoms. The number of hydrogen-bond donors (Lipinski definition) is 0. The molecular weight excluding hydrogens is 348 g/mol. The van der Waals surface area contributed by atoms with Crippen LogP contribution >= 0.6 is 0 Å². The Hall–Kier alpha value is -3.18. The summed E-state index contributed by atoms with van der Waals surface area (Å²) >= 11 is 0. The van der Waals surface area contributed by atoms with Gasteiger partial charge in [-0.25, -0.2) is 4.98 Å². The molecule has 1 aliphatic heterocycles. The van der Waals surface area contributed by atoms with Crippen LogP contribution in [0.2, 0.25) is 0 Å². The largest absolute Gasteiger partial charge is 0.348 e. The lowest BCUT2D eigenvalue weighted by molar-refractivity contribution is 0.172. The fourth-order valence-electron chi connectivity index (χ4n) is 4.22. The average Bonchev–Trinajstić information content (AvgIpc) is 3.18. The lowest BCUT2D eigenvalue weighted by Gasteiger charge is -2.37. The first kappa shape index (κ1) is 17.0. The minimum atomic E-state index is -0.0275. The van der Waals surface area contributed by atoms with Crippen LogP contribution in [0.25, 0.3) is 5.65 Å². The lowest BCUT2D eigenvalue weighted by atomic mass is 10.00. The highest BCUT2D eigenvalue weighted by molar-refractivity contribution is 5.46. The molecule has 4 aromatic rings. The maximum Gasteiger partial charge on any atom is 0.258 e. The van der Waals surface area contributed by atoms with Gasteiger partial charge in [0.15, 0.2) is 0 Å². The summed E-state index contributed by atoms with van der Waals surface area (Å²) in [7, 11) is 0. The van der Waals surface area contributed by atoms with Crippen LogP contribution in [0.15, 0.2) is 77.9 Å². The molecule has 0 spiro atoms. The van der Waals surface area contributed by atoms with Crippen LogP contribution < -0.4 is 5.56 Å². The third kappa shape index (κ3) is 2.84. The van der Waals surface area contributed by atoms with E-state index in [0.29, 0.717) is 6.54 Å². The molecule has 0 saturated heterocycles. The second kappa shape index (κ2) is 6.77. The smallest absolute Gasteiger partial charge is 0.258 e. The Balaban J connectivity index is 1.56. The van der Waals surface area contributed by atoms with Crippen molar-refractivity contribution < 1.29 is 0 Å². The Bertz CT molecular complexity index is 1190. The Morgan fingerprint density at radius 1 is 1.00 bits per heavy atom. The van der Waals surface area contributed by atoms with Gasteiger partial charge in [0.05, 0.1) is 11.7 Å². The Morgan fingerprint density at radius 2 is 1.82 bits per heavy atom. The van der Waals surface area contributed by atoms with Crippen molar-refractivity contribution in [3.8, 4) is 0 Å². The van der Waals surface area contributed by atoms with Crippen molar-refractivity contribution in [1.29, 1.82) is 0 Å². The molecule has 0 N–H and O–H groups in total. The molecule has 28 heavy (non-hydrogen) atoms. The molecule has 1 unspecified atom stereocenters. The summed E-state index contributed by atoms with van der Waals surface area (Å²) in [4.78, 5) is 19.8. The lowest BCUT2D eigenvalue weighted by Crippen LogP contribution is -2.38. The maximum atomic E-state index is 12.6. The van der Waals surface area contributed by atoms with Gasteiger partial charge in [0, 0.05) is 43.8 Å². The zero-order valence-corrected chi connectivity index (χ0v) is 15.8. The van der Waals surface area contributed by atoms with Gasteiger partial charge in [0.2, 0.25) is 0 Å². The number of hydrogen-bond acceptors (Lipinski definition) is 3. The number of nitrogens with zero attached hydrogens (tertiary/aromatic N) is 4. The Labute approximate surface area is 163 Å². The van der Waals surface area contributed by atoms with Crippen molar-refractivity contribution in [3.05, 3.63) is 106 Å². The number of aromatic nitrogens is 3. The van der Waals surface area contributed by atoms with E-state index in [9.17, 15) is 4.79 Å². The number of aryl methyl sites for hydroxylation is 1. The van der Waals surface area contributed by atoms with Crippen LogP contribution in [0.3, 0.4) is 0 Å². The van der Waals surface area contributed by atoms with Crippen LogP contribution in [0.4, 0.5) is 0 Å². The summed E-state index contributed by atoms with van der Waals surface area (Å²) in [5.41, 5.74) is 5.08. The van der Waals surface area contributed by atoms with Gasteiger partial charge in [-0.15, -0.1) is 0 Å². The molecule has 0 fully saturated rings. The van der Waals surface area contributed by atoms with Crippen LogP contribution in [-0.4, -0.2) is 25.4 Å². The molecule has 5 heteroatoms. The van der Waals surface area contributed by atoms with Crippen molar-refractivity contribution in [2.75, 3.05) is 6.54 Å². The molecule has 1 atom stereocenters. The van der Waals surface area contributed by atoms with Crippen molar-refractivity contribution in [1.82, 2.24) is 18.9 Å². The van der Waals surface area contributed by atoms with E-state index >= 15 is 0 Å². The van der Waals surface area contributed by atoms with Crippen LogP contribution in [0, 0.1) is 6.92 Å². The fraction of sp³-hybridized carbons (Fsp3) is 0.217. The van der Waals surface area contributed by atoms with Gasteiger partial charge in [0.25, 0.3) is 5.56 Å². The molecular formula is C23H22N4O. The highest BCUT2D eigenvalue weighted by Crippen LogP contribution is 2.33. The summed E-state index contributed by atoms with van der Waals surface area (Å²) in [6.45, 7) is 4.49. The molecule has 0 aliphatic carbocycles. The van der Waals surface area contributed by atoms with E-state index in [-0.39, 0.29) is 11.6 Å². The minimum absolute atomic E-state index is 0.0275. The molecule has 5 nitrogen and oxygen atoms in total. The number of pyridine rings is 1. The number of benzene rings is 1. The van der Waals surface area contributed by atoms with E-state index in [0.717, 1.165) is 30.0 Å². The van der Waals surface area contributed by atoms with Crippen LogP contribution in [-0.2, 0) is 13.1 Å². The number of fused-ring (bicyclic) bond motifs is 2. The van der Waals surface area contributed by atoms with Gasteiger partial charge in [-0.05, 0) is 36.2 Å². The first-order valence-electron chi connectivity index (χ1n) is 9.63. The van der Waals surface area contributed by atoms with E-state index in [2.05, 4.69) is 52.1 Å². The molecule has 5 rings (SSSR count). The van der Waals surface area contributed by atoms with Gasteiger partial charge in [-0.3, -0.25) is 14.1 Å². The van der Waals surface area contributed by atoms with Gasteiger partial charge >= 0.3 is 0 Å². The van der Waals surface area contributed by atoms with Gasteiger partial charge in [0.1, 0.15) is 5.65 Å². The third-order valence-electron chi connectivity index (χ3n) is 5.56. The van der Waals surface area contributed by atoms with Crippen molar-refractivity contribution in [3.63, 3.8) is 0 Å². The topological polar surface area (TPSA) is 42.5 Å². The normalized spacial score (nSPS) is 17.0. The van der Waals surface area contributed by atoms with E-state index in [4.69, 9.17) is 4.98 Å². The number of rotatable bonds is 3. The van der Waals surface area contributed by atoms with Crippen molar-refractivity contribution >= 4 is 5.65 Å². The highest BCUT2D eigenvalue weighted by atomic mass is 16.1. The van der Waals surface area contributed by atoms with Crippen LogP contribution in [0.1, 0.15) is 28.6 Å². The third-order valence-corrected chi connectivity index (χ3v) is 5.56. The standard InChI is InChI=1S/C23H22N4O/c1-17-7-5-12-27-21(28)15-19(24-23(17)27)16-26-14-13-25-11-6-10-20(25)22(26)18-8-3-2-4-9-18/h2-12,15,22H,13-14,16H2,1H3. The van der Waals surface area contributed by atoms with Crippen molar-refractivity contribution in [2.45, 2.75) is 26.1 Å².